The molecular formula is C9H5ClF3N3S. The molecule has 0 aliphatic carbocycles. The number of anilines is 1. The molecule has 2 aromatic rings. The lowest BCUT2D eigenvalue weighted by Gasteiger charge is -2.08. The average molecular weight is 280 g/mol. The minimum Gasteiger partial charge on any atom is -0.374 e. The second kappa shape index (κ2) is 4.15. The molecule has 1 heterocycles. The summed E-state index contributed by atoms with van der Waals surface area (Å²) < 4.78 is 37.6. The fourth-order valence-electron chi connectivity index (χ4n) is 1.21. The summed E-state index contributed by atoms with van der Waals surface area (Å²) >= 11 is 6.80. The molecule has 0 aliphatic heterocycles. The first-order valence-corrected chi connectivity index (χ1v) is 5.53. The molecule has 0 bridgehead atoms. The topological polar surface area (TPSA) is 51.8 Å². The minimum atomic E-state index is -4.42. The molecular weight excluding hydrogens is 275 g/mol. The molecule has 0 unspecified atom stereocenters. The molecule has 0 saturated heterocycles. The highest BCUT2D eigenvalue weighted by atomic mass is 35.5. The number of hydrogen-bond donors (Lipinski definition) is 1. The highest BCUT2D eigenvalue weighted by molar-refractivity contribution is 7.18. The third kappa shape index (κ3) is 2.50. The summed E-state index contributed by atoms with van der Waals surface area (Å²) in [7, 11) is 0. The van der Waals surface area contributed by atoms with Crippen molar-refractivity contribution in [2.45, 2.75) is 6.18 Å². The summed E-state index contributed by atoms with van der Waals surface area (Å²) in [6.07, 6.45) is -4.42. The summed E-state index contributed by atoms with van der Waals surface area (Å²) in [6, 6.07) is 3.02. The van der Waals surface area contributed by atoms with Crippen molar-refractivity contribution in [3.63, 3.8) is 0 Å². The van der Waals surface area contributed by atoms with E-state index < -0.39 is 11.7 Å². The molecule has 0 aliphatic rings. The predicted octanol–water partition coefficient (Wildman–Crippen LogP) is 3.46. The second-order valence-corrected chi connectivity index (χ2v) is 4.55. The SMILES string of the molecule is Nc1nnc(-c2cc(C(F)(F)F)ccc2Cl)s1. The zero-order valence-corrected chi connectivity index (χ0v) is 9.70. The highest BCUT2D eigenvalue weighted by Crippen LogP contribution is 2.37. The lowest BCUT2D eigenvalue weighted by Crippen LogP contribution is -2.04. The summed E-state index contributed by atoms with van der Waals surface area (Å²) in [6.45, 7) is 0. The van der Waals surface area contributed by atoms with Gasteiger partial charge in [-0.2, -0.15) is 13.2 Å². The molecule has 2 N–H and O–H groups in total. The van der Waals surface area contributed by atoms with E-state index in [0.717, 1.165) is 23.5 Å². The van der Waals surface area contributed by atoms with E-state index in [0.29, 0.717) is 0 Å². The average Bonchev–Trinajstić information content (AvgIpc) is 2.63. The molecule has 1 aromatic heterocycles. The smallest absolute Gasteiger partial charge is 0.374 e. The third-order valence-corrected chi connectivity index (χ3v) is 3.08. The molecule has 17 heavy (non-hydrogen) atoms. The van der Waals surface area contributed by atoms with Crippen molar-refractivity contribution < 1.29 is 13.2 Å². The van der Waals surface area contributed by atoms with Gasteiger partial charge in [0.15, 0.2) is 5.01 Å². The Bertz CT molecular complexity index is 553. The van der Waals surface area contributed by atoms with Crippen molar-refractivity contribution in [2.75, 3.05) is 5.73 Å². The third-order valence-electron chi connectivity index (χ3n) is 1.96. The van der Waals surface area contributed by atoms with Crippen molar-refractivity contribution in [3.8, 4) is 10.6 Å². The Morgan fingerprint density at radius 3 is 2.47 bits per heavy atom. The van der Waals surface area contributed by atoms with Crippen LogP contribution in [-0.2, 0) is 6.18 Å². The molecule has 1 aromatic carbocycles. The number of nitrogen functional groups attached to an aromatic ring is 1. The summed E-state index contributed by atoms with van der Waals surface area (Å²) in [5, 5.41) is 7.81. The van der Waals surface area contributed by atoms with Crippen LogP contribution in [0, 0.1) is 0 Å². The summed E-state index contributed by atoms with van der Waals surface area (Å²) in [4.78, 5) is 0. The van der Waals surface area contributed by atoms with Gasteiger partial charge in [-0.05, 0) is 18.2 Å². The number of nitrogens with two attached hydrogens (primary N) is 1. The van der Waals surface area contributed by atoms with Gasteiger partial charge in [0, 0.05) is 5.56 Å². The van der Waals surface area contributed by atoms with Crippen molar-refractivity contribution in [2.24, 2.45) is 0 Å². The van der Waals surface area contributed by atoms with Gasteiger partial charge in [-0.25, -0.2) is 0 Å². The lowest BCUT2D eigenvalue weighted by atomic mass is 10.1. The Morgan fingerprint density at radius 2 is 1.94 bits per heavy atom. The molecule has 0 spiro atoms. The summed E-state index contributed by atoms with van der Waals surface area (Å²) in [5.41, 5.74) is 4.76. The summed E-state index contributed by atoms with van der Waals surface area (Å²) in [5.74, 6) is 0. The van der Waals surface area contributed by atoms with Crippen molar-refractivity contribution in [1.82, 2.24) is 10.2 Å². The molecule has 0 amide bonds. The van der Waals surface area contributed by atoms with Crippen molar-refractivity contribution in [3.05, 3.63) is 28.8 Å². The van der Waals surface area contributed by atoms with E-state index in [1.807, 2.05) is 0 Å². The number of nitrogens with zero attached hydrogens (tertiary/aromatic N) is 2. The zero-order valence-electron chi connectivity index (χ0n) is 8.12. The number of benzene rings is 1. The van der Waals surface area contributed by atoms with Gasteiger partial charge in [0.1, 0.15) is 0 Å². The van der Waals surface area contributed by atoms with Crippen LogP contribution in [0.3, 0.4) is 0 Å². The van der Waals surface area contributed by atoms with Crippen LogP contribution < -0.4 is 5.73 Å². The molecule has 0 saturated carbocycles. The molecule has 0 fully saturated rings. The molecule has 2 rings (SSSR count). The van der Waals surface area contributed by atoms with Crippen LogP contribution in [0.1, 0.15) is 5.56 Å². The normalized spacial score (nSPS) is 11.8. The van der Waals surface area contributed by atoms with Gasteiger partial charge in [0.25, 0.3) is 0 Å². The fraction of sp³-hybridized carbons (Fsp3) is 0.111. The standard InChI is InChI=1S/C9H5ClF3N3S/c10-6-2-1-4(9(11,12)13)3-5(6)7-15-16-8(14)17-7/h1-3H,(H2,14,16). The number of halogens is 4. The van der Waals surface area contributed by atoms with Crippen molar-refractivity contribution in [1.29, 1.82) is 0 Å². The predicted molar refractivity (Wildman–Crippen MR) is 59.8 cm³/mol. The number of hydrogen-bond acceptors (Lipinski definition) is 4. The Hall–Kier alpha value is -1.34. The van der Waals surface area contributed by atoms with Gasteiger partial charge in [-0.1, -0.05) is 22.9 Å². The van der Waals surface area contributed by atoms with E-state index in [1.54, 1.807) is 0 Å². The van der Waals surface area contributed by atoms with E-state index in [4.69, 9.17) is 17.3 Å². The fourth-order valence-corrected chi connectivity index (χ4v) is 2.11. The first-order chi connectivity index (χ1) is 7.88. The van der Waals surface area contributed by atoms with Crippen LogP contribution in [-0.4, -0.2) is 10.2 Å². The maximum Gasteiger partial charge on any atom is 0.416 e. The van der Waals surface area contributed by atoms with Gasteiger partial charge < -0.3 is 5.73 Å². The molecule has 90 valence electrons. The van der Waals surface area contributed by atoms with E-state index in [-0.39, 0.29) is 20.7 Å². The Morgan fingerprint density at radius 1 is 1.24 bits per heavy atom. The quantitative estimate of drug-likeness (QED) is 0.870. The van der Waals surface area contributed by atoms with Crippen LogP contribution in [0.2, 0.25) is 5.02 Å². The van der Waals surface area contributed by atoms with Gasteiger partial charge in [-0.15, -0.1) is 10.2 Å². The molecule has 0 atom stereocenters. The Balaban J connectivity index is 2.54. The monoisotopic (exact) mass is 279 g/mol. The van der Waals surface area contributed by atoms with E-state index in [2.05, 4.69) is 10.2 Å². The Labute approximate surface area is 103 Å². The molecule has 8 heteroatoms. The largest absolute Gasteiger partial charge is 0.416 e. The van der Waals surface area contributed by atoms with Gasteiger partial charge in [0.2, 0.25) is 5.13 Å². The van der Waals surface area contributed by atoms with E-state index >= 15 is 0 Å². The van der Waals surface area contributed by atoms with Crippen LogP contribution >= 0.6 is 22.9 Å². The van der Waals surface area contributed by atoms with Gasteiger partial charge in [-0.3, -0.25) is 0 Å². The Kier molecular flexibility index (Phi) is 2.96. The minimum absolute atomic E-state index is 0.175. The first-order valence-electron chi connectivity index (χ1n) is 4.34. The number of aromatic nitrogens is 2. The zero-order chi connectivity index (χ0) is 12.6. The number of rotatable bonds is 1. The number of alkyl halides is 3. The lowest BCUT2D eigenvalue weighted by molar-refractivity contribution is -0.137. The van der Waals surface area contributed by atoms with Crippen LogP contribution in [0.4, 0.5) is 18.3 Å². The maximum absolute atomic E-state index is 12.5. The van der Waals surface area contributed by atoms with E-state index in [9.17, 15) is 13.2 Å². The second-order valence-electron chi connectivity index (χ2n) is 3.14. The van der Waals surface area contributed by atoms with Crippen molar-refractivity contribution >= 4 is 28.1 Å². The molecule has 0 radical (unpaired) electrons. The van der Waals surface area contributed by atoms with Crippen LogP contribution in [0.5, 0.6) is 0 Å². The van der Waals surface area contributed by atoms with E-state index in [1.165, 1.54) is 6.07 Å². The van der Waals surface area contributed by atoms with Crippen LogP contribution in [0.25, 0.3) is 10.6 Å². The molecule has 3 nitrogen and oxygen atoms in total. The highest BCUT2D eigenvalue weighted by Gasteiger charge is 2.31. The van der Waals surface area contributed by atoms with Gasteiger partial charge in [0.05, 0.1) is 10.6 Å². The first kappa shape index (κ1) is 12.1. The maximum atomic E-state index is 12.5. The van der Waals surface area contributed by atoms with Crippen LogP contribution in [0.15, 0.2) is 18.2 Å². The van der Waals surface area contributed by atoms with Gasteiger partial charge >= 0.3 is 6.18 Å².